The lowest BCUT2D eigenvalue weighted by atomic mass is 9.86. The molecule has 3 atom stereocenters. The Morgan fingerprint density at radius 1 is 1.34 bits per heavy atom. The van der Waals surface area contributed by atoms with Gasteiger partial charge in [-0.2, -0.15) is 0 Å². The van der Waals surface area contributed by atoms with Crippen LogP contribution in [0.15, 0.2) is 29.4 Å². The molecule has 29 heavy (non-hydrogen) atoms. The van der Waals surface area contributed by atoms with Crippen molar-refractivity contribution in [1.29, 1.82) is 0 Å². The van der Waals surface area contributed by atoms with Gasteiger partial charge in [0.15, 0.2) is 17.1 Å². The van der Waals surface area contributed by atoms with Crippen LogP contribution in [0.5, 0.6) is 5.75 Å². The molecule has 1 aliphatic carbocycles. The van der Waals surface area contributed by atoms with Crippen LogP contribution in [0.4, 0.5) is 0 Å². The third-order valence-corrected chi connectivity index (χ3v) is 6.63. The lowest BCUT2D eigenvalue weighted by Gasteiger charge is -2.29. The number of carbonyl (C=O) groups excluding carboxylic acids is 1. The van der Waals surface area contributed by atoms with Gasteiger partial charge < -0.3 is 14.6 Å². The van der Waals surface area contributed by atoms with Gasteiger partial charge in [-0.25, -0.2) is 0 Å². The predicted octanol–water partition coefficient (Wildman–Crippen LogP) is 4.88. The monoisotopic (exact) mass is 436 g/mol. The first kappa shape index (κ1) is 22.0. The maximum absolute atomic E-state index is 12.4. The summed E-state index contributed by atoms with van der Waals surface area (Å²) in [5, 5.41) is 13.1. The maximum Gasteiger partial charge on any atom is 0.230 e. The zero-order valence-corrected chi connectivity index (χ0v) is 18.8. The quantitative estimate of drug-likeness (QED) is 0.597. The largest absolute Gasteiger partial charge is 0.481 e. The molecule has 1 N–H and O–H groups in total. The number of benzene rings is 1. The van der Waals surface area contributed by atoms with E-state index in [-0.39, 0.29) is 12.0 Å². The summed E-state index contributed by atoms with van der Waals surface area (Å²) in [4.78, 5) is 12.4. The molecule has 0 unspecified atom stereocenters. The van der Waals surface area contributed by atoms with E-state index >= 15 is 0 Å². The highest BCUT2D eigenvalue weighted by Crippen LogP contribution is 2.29. The van der Waals surface area contributed by atoms with Crippen LogP contribution in [0.25, 0.3) is 0 Å². The number of hydrogen-bond acceptors (Lipinski definition) is 5. The Hall–Kier alpha value is -1.73. The highest BCUT2D eigenvalue weighted by atomic mass is 35.5. The number of nitrogens with zero attached hydrogens (tertiary/aromatic N) is 3. The molecule has 1 heterocycles. The van der Waals surface area contributed by atoms with Crippen molar-refractivity contribution >= 4 is 29.3 Å². The second kappa shape index (κ2) is 10.3. The van der Waals surface area contributed by atoms with Crippen molar-refractivity contribution in [2.45, 2.75) is 70.3 Å². The number of amides is 1. The average Bonchev–Trinajstić information content (AvgIpc) is 3.13. The molecular weight excluding hydrogens is 408 g/mol. The molecule has 1 aliphatic rings. The minimum atomic E-state index is -0.311. The highest BCUT2D eigenvalue weighted by molar-refractivity contribution is 7.99. The van der Waals surface area contributed by atoms with Crippen LogP contribution in [-0.2, 0) is 11.3 Å². The van der Waals surface area contributed by atoms with Crippen molar-refractivity contribution in [3.8, 4) is 5.75 Å². The summed E-state index contributed by atoms with van der Waals surface area (Å²) in [6, 6.07) is 7.66. The Morgan fingerprint density at radius 3 is 2.83 bits per heavy atom. The minimum absolute atomic E-state index is 0.0568. The molecule has 1 aromatic carbocycles. The van der Waals surface area contributed by atoms with E-state index in [1.807, 2.05) is 36.6 Å². The van der Waals surface area contributed by atoms with Gasteiger partial charge in [0, 0.05) is 12.6 Å². The summed E-state index contributed by atoms with van der Waals surface area (Å²) >= 11 is 7.61. The first-order chi connectivity index (χ1) is 14.0. The fourth-order valence-corrected chi connectivity index (χ4v) is 4.70. The van der Waals surface area contributed by atoms with Crippen molar-refractivity contribution in [2.75, 3.05) is 5.75 Å². The fraction of sp³-hybridized carbons (Fsp3) is 0.571. The number of thioether (sulfide) groups is 1. The van der Waals surface area contributed by atoms with Crippen LogP contribution in [0.1, 0.15) is 58.4 Å². The average molecular weight is 437 g/mol. The molecule has 0 saturated heterocycles. The summed E-state index contributed by atoms with van der Waals surface area (Å²) in [5.41, 5.74) is 0. The summed E-state index contributed by atoms with van der Waals surface area (Å²) < 4.78 is 7.97. The zero-order chi connectivity index (χ0) is 20.8. The molecule has 0 bridgehead atoms. The van der Waals surface area contributed by atoms with Gasteiger partial charge in [-0.3, -0.25) is 4.79 Å². The molecule has 158 valence electrons. The summed E-state index contributed by atoms with van der Waals surface area (Å²) in [6.07, 6.45) is 4.41. The van der Waals surface area contributed by atoms with Crippen LogP contribution in [-0.4, -0.2) is 32.5 Å². The van der Waals surface area contributed by atoms with E-state index in [1.165, 1.54) is 31.0 Å². The molecule has 3 rings (SSSR count). The molecule has 8 heteroatoms. The molecule has 0 radical (unpaired) electrons. The van der Waals surface area contributed by atoms with E-state index in [0.29, 0.717) is 35.0 Å². The van der Waals surface area contributed by atoms with Gasteiger partial charge in [-0.1, -0.05) is 55.3 Å². The minimum Gasteiger partial charge on any atom is -0.481 e. The van der Waals surface area contributed by atoms with E-state index in [9.17, 15) is 4.79 Å². The second-order valence-corrected chi connectivity index (χ2v) is 8.85. The summed E-state index contributed by atoms with van der Waals surface area (Å²) in [6.45, 7) is 6.87. The Labute approximate surface area is 181 Å². The Kier molecular flexibility index (Phi) is 7.84. The lowest BCUT2D eigenvalue weighted by molar-refractivity contribution is -0.119. The zero-order valence-electron chi connectivity index (χ0n) is 17.2. The number of aromatic nitrogens is 3. The van der Waals surface area contributed by atoms with Crippen LogP contribution in [0.3, 0.4) is 0 Å². The second-order valence-electron chi connectivity index (χ2n) is 7.50. The van der Waals surface area contributed by atoms with Gasteiger partial charge in [0.05, 0.1) is 10.8 Å². The van der Waals surface area contributed by atoms with Crippen LogP contribution in [0.2, 0.25) is 5.02 Å². The molecule has 0 aliphatic heterocycles. The van der Waals surface area contributed by atoms with Gasteiger partial charge in [0.1, 0.15) is 5.75 Å². The molecular formula is C21H29ClN4O2S. The van der Waals surface area contributed by atoms with Gasteiger partial charge in [-0.05, 0) is 44.7 Å². The molecule has 1 saturated carbocycles. The van der Waals surface area contributed by atoms with Crippen molar-refractivity contribution in [2.24, 2.45) is 5.92 Å². The van der Waals surface area contributed by atoms with Crippen molar-refractivity contribution in [1.82, 2.24) is 20.1 Å². The van der Waals surface area contributed by atoms with Gasteiger partial charge in [0.25, 0.3) is 0 Å². The number of rotatable bonds is 8. The normalized spacial score (nSPS) is 20.3. The fourth-order valence-electron chi connectivity index (χ4n) is 3.70. The van der Waals surface area contributed by atoms with Crippen molar-refractivity contribution in [3.05, 3.63) is 35.1 Å². The number of nitrogens with one attached hydrogen (secondary N) is 1. The van der Waals surface area contributed by atoms with Crippen molar-refractivity contribution in [3.63, 3.8) is 0 Å². The number of ether oxygens (including phenoxy) is 1. The van der Waals surface area contributed by atoms with E-state index in [0.717, 1.165) is 17.4 Å². The number of halogens is 1. The molecule has 1 fully saturated rings. The van der Waals surface area contributed by atoms with E-state index < -0.39 is 0 Å². The van der Waals surface area contributed by atoms with E-state index in [4.69, 9.17) is 16.3 Å². The topological polar surface area (TPSA) is 69.0 Å². The molecule has 0 spiro atoms. The third-order valence-electron chi connectivity index (χ3n) is 5.36. The molecule has 6 nitrogen and oxygen atoms in total. The van der Waals surface area contributed by atoms with Crippen LogP contribution >= 0.6 is 23.4 Å². The van der Waals surface area contributed by atoms with Crippen LogP contribution < -0.4 is 10.1 Å². The van der Waals surface area contributed by atoms with Gasteiger partial charge in [-0.15, -0.1) is 10.2 Å². The van der Waals surface area contributed by atoms with E-state index in [1.54, 1.807) is 6.07 Å². The Bertz CT molecular complexity index is 829. The Balaban J connectivity index is 1.60. The van der Waals surface area contributed by atoms with Crippen LogP contribution in [0, 0.1) is 5.92 Å². The predicted molar refractivity (Wildman–Crippen MR) is 116 cm³/mol. The molecule has 1 amide bonds. The smallest absolute Gasteiger partial charge is 0.230 e. The van der Waals surface area contributed by atoms with Gasteiger partial charge in [0.2, 0.25) is 5.91 Å². The third kappa shape index (κ3) is 5.66. The lowest BCUT2D eigenvalue weighted by Crippen LogP contribution is -2.41. The number of para-hydroxylation sites is 1. The highest BCUT2D eigenvalue weighted by Gasteiger charge is 2.24. The first-order valence-corrected chi connectivity index (χ1v) is 11.6. The van der Waals surface area contributed by atoms with Crippen molar-refractivity contribution < 1.29 is 9.53 Å². The summed E-state index contributed by atoms with van der Waals surface area (Å²) in [5.74, 6) is 2.27. The van der Waals surface area contributed by atoms with E-state index in [2.05, 4.69) is 22.4 Å². The first-order valence-electron chi connectivity index (χ1n) is 10.3. The molecule has 2 aromatic rings. The SMILES string of the molecule is CCn1c(SCC(=O)N[C@@H]2CCCC[C@@H]2C)nnc1[C@H](C)Oc1ccccc1Cl. The standard InChI is InChI=1S/C21H29ClN4O2S/c1-4-26-20(15(3)28-18-12-8-6-10-16(18)22)24-25-21(26)29-13-19(27)23-17-11-7-5-9-14(17)2/h6,8,10,12,14-15,17H,4-5,7,9,11,13H2,1-3H3,(H,23,27)/t14-,15-,17+/m0/s1. The number of carbonyl (C=O) groups is 1. The van der Waals surface area contributed by atoms with Gasteiger partial charge >= 0.3 is 0 Å². The molecule has 1 aromatic heterocycles. The summed E-state index contributed by atoms with van der Waals surface area (Å²) in [7, 11) is 0. The maximum atomic E-state index is 12.4. The number of hydrogen-bond donors (Lipinski definition) is 1. The Morgan fingerprint density at radius 2 is 2.10 bits per heavy atom.